The number of methoxy groups -OCH3 is 1. The molecule has 0 unspecified atom stereocenters. The van der Waals surface area contributed by atoms with Crippen molar-refractivity contribution in [3.05, 3.63) is 52.5 Å². The van der Waals surface area contributed by atoms with Crippen molar-refractivity contribution in [2.45, 2.75) is 0 Å². The van der Waals surface area contributed by atoms with Gasteiger partial charge in [-0.25, -0.2) is 4.79 Å². The molecule has 1 aromatic carbocycles. The van der Waals surface area contributed by atoms with Gasteiger partial charge in [-0.2, -0.15) is 0 Å². The number of para-hydroxylation sites is 1. The van der Waals surface area contributed by atoms with Gasteiger partial charge in [0.15, 0.2) is 0 Å². The number of ether oxygens (including phenoxy) is 1. The Morgan fingerprint density at radius 2 is 2.07 bits per heavy atom. The summed E-state index contributed by atoms with van der Waals surface area (Å²) in [5, 5.41) is 7.17. The van der Waals surface area contributed by atoms with Crippen LogP contribution >= 0.6 is 0 Å². The van der Waals surface area contributed by atoms with Crippen molar-refractivity contribution >= 4 is 28.5 Å². The smallest absolute Gasteiger partial charge is 0.360 e. The van der Waals surface area contributed by atoms with E-state index in [0.717, 1.165) is 0 Å². The number of rotatable bonds is 5. The van der Waals surface area contributed by atoms with Crippen molar-refractivity contribution in [2.24, 2.45) is 7.05 Å². The van der Waals surface area contributed by atoms with Crippen molar-refractivity contribution in [2.75, 3.05) is 26.0 Å². The second-order valence-electron chi connectivity index (χ2n) is 5.92. The third kappa shape index (κ3) is 3.81. The van der Waals surface area contributed by atoms with Crippen LogP contribution in [-0.4, -0.2) is 47.2 Å². The van der Waals surface area contributed by atoms with Crippen LogP contribution in [0.5, 0.6) is 5.88 Å². The monoisotopic (exact) mass is 370 g/mol. The summed E-state index contributed by atoms with van der Waals surface area (Å²) in [6.07, 6.45) is 1.51. The van der Waals surface area contributed by atoms with E-state index in [9.17, 15) is 14.4 Å². The van der Waals surface area contributed by atoms with Crippen LogP contribution in [0, 0.1) is 0 Å². The Bertz CT molecular complexity index is 1070. The molecule has 1 N–H and O–H groups in total. The SMILES string of the molecule is COc1nn(C)cc1C(=O)N(C)CC(=O)Nc1cc2ccccc2oc1=O. The Labute approximate surface area is 154 Å². The van der Waals surface area contributed by atoms with Gasteiger partial charge in [-0.05, 0) is 12.1 Å². The predicted octanol–water partition coefficient (Wildman–Crippen LogP) is 1.25. The fraction of sp³-hybridized carbons (Fsp3) is 0.222. The van der Waals surface area contributed by atoms with Crippen molar-refractivity contribution in [1.82, 2.24) is 14.7 Å². The van der Waals surface area contributed by atoms with E-state index in [1.54, 1.807) is 31.3 Å². The molecular weight excluding hydrogens is 352 g/mol. The number of likely N-dealkylation sites (N-methyl/N-ethyl adjacent to an activating group) is 1. The molecule has 0 spiro atoms. The van der Waals surface area contributed by atoms with Gasteiger partial charge < -0.3 is 19.4 Å². The summed E-state index contributed by atoms with van der Waals surface area (Å²) in [5.74, 6) is -0.790. The molecule has 140 valence electrons. The number of hydrogen-bond donors (Lipinski definition) is 1. The zero-order chi connectivity index (χ0) is 19.6. The lowest BCUT2D eigenvalue weighted by Crippen LogP contribution is -2.35. The van der Waals surface area contributed by atoms with Gasteiger partial charge in [0.1, 0.15) is 16.8 Å². The molecule has 0 saturated heterocycles. The van der Waals surface area contributed by atoms with Crippen molar-refractivity contribution in [1.29, 1.82) is 0 Å². The first kappa shape index (κ1) is 18.2. The van der Waals surface area contributed by atoms with Gasteiger partial charge in [-0.1, -0.05) is 18.2 Å². The number of carbonyl (C=O) groups is 2. The predicted molar refractivity (Wildman–Crippen MR) is 97.8 cm³/mol. The molecule has 0 bridgehead atoms. The Morgan fingerprint density at radius 1 is 1.33 bits per heavy atom. The number of hydrogen-bond acceptors (Lipinski definition) is 6. The van der Waals surface area contributed by atoms with E-state index in [-0.39, 0.29) is 23.7 Å². The van der Waals surface area contributed by atoms with Crippen LogP contribution in [0.25, 0.3) is 11.0 Å². The van der Waals surface area contributed by atoms with Crippen molar-refractivity contribution < 1.29 is 18.7 Å². The number of nitrogens with zero attached hydrogens (tertiary/aromatic N) is 3. The zero-order valence-corrected chi connectivity index (χ0v) is 15.1. The van der Waals surface area contributed by atoms with Crippen LogP contribution in [0.3, 0.4) is 0 Å². The maximum atomic E-state index is 12.5. The second-order valence-corrected chi connectivity index (χ2v) is 5.92. The highest BCUT2D eigenvalue weighted by Gasteiger charge is 2.22. The van der Waals surface area contributed by atoms with Crippen LogP contribution in [0.2, 0.25) is 0 Å². The highest BCUT2D eigenvalue weighted by molar-refractivity contribution is 6.00. The van der Waals surface area contributed by atoms with Gasteiger partial charge in [0.05, 0.1) is 13.7 Å². The minimum absolute atomic E-state index is 0.0125. The molecule has 0 aliphatic heterocycles. The van der Waals surface area contributed by atoms with E-state index in [1.165, 1.54) is 36.0 Å². The van der Waals surface area contributed by atoms with Gasteiger partial charge in [0, 0.05) is 25.7 Å². The van der Waals surface area contributed by atoms with E-state index < -0.39 is 17.4 Å². The average molecular weight is 370 g/mol. The van der Waals surface area contributed by atoms with Crippen LogP contribution < -0.4 is 15.7 Å². The third-order valence-corrected chi connectivity index (χ3v) is 3.86. The van der Waals surface area contributed by atoms with Gasteiger partial charge in [-0.3, -0.25) is 14.3 Å². The zero-order valence-electron chi connectivity index (χ0n) is 15.1. The van der Waals surface area contributed by atoms with E-state index in [0.29, 0.717) is 11.0 Å². The Morgan fingerprint density at radius 3 is 2.81 bits per heavy atom. The standard InChI is InChI=1S/C18H18N4O5/c1-21(17(24)12-9-22(2)20-16(12)26-3)10-15(23)19-13-8-11-6-4-5-7-14(11)27-18(13)25/h4-9H,10H2,1-3H3,(H,19,23). The van der Waals surface area contributed by atoms with Crippen molar-refractivity contribution in [3.63, 3.8) is 0 Å². The minimum atomic E-state index is -0.662. The molecule has 0 aliphatic carbocycles. The van der Waals surface area contributed by atoms with E-state index in [2.05, 4.69) is 10.4 Å². The Hall–Kier alpha value is -3.62. The molecule has 9 heteroatoms. The average Bonchev–Trinajstić information content (AvgIpc) is 3.02. The van der Waals surface area contributed by atoms with Crippen LogP contribution in [0.4, 0.5) is 5.69 Å². The van der Waals surface area contributed by atoms with E-state index in [4.69, 9.17) is 9.15 Å². The second kappa shape index (κ2) is 7.32. The van der Waals surface area contributed by atoms with Gasteiger partial charge in [0.2, 0.25) is 11.8 Å². The summed E-state index contributed by atoms with van der Waals surface area (Å²) in [7, 11) is 4.53. The molecule has 3 aromatic rings. The third-order valence-electron chi connectivity index (χ3n) is 3.86. The van der Waals surface area contributed by atoms with E-state index >= 15 is 0 Å². The summed E-state index contributed by atoms with van der Waals surface area (Å²) in [6, 6.07) is 8.50. The molecule has 2 amide bonds. The highest BCUT2D eigenvalue weighted by Crippen LogP contribution is 2.17. The molecule has 0 fully saturated rings. The van der Waals surface area contributed by atoms with Crippen LogP contribution in [0.1, 0.15) is 10.4 Å². The molecule has 0 radical (unpaired) electrons. The molecule has 2 aromatic heterocycles. The number of carbonyl (C=O) groups excluding carboxylic acids is 2. The van der Waals surface area contributed by atoms with Gasteiger partial charge >= 0.3 is 5.63 Å². The molecule has 27 heavy (non-hydrogen) atoms. The number of anilines is 1. The summed E-state index contributed by atoms with van der Waals surface area (Å²) in [5.41, 5.74) is 0.0143. The van der Waals surface area contributed by atoms with Crippen LogP contribution in [-0.2, 0) is 11.8 Å². The lowest BCUT2D eigenvalue weighted by atomic mass is 10.2. The van der Waals surface area contributed by atoms with Crippen LogP contribution in [0.15, 0.2) is 45.7 Å². The molecule has 3 rings (SSSR count). The highest BCUT2D eigenvalue weighted by atomic mass is 16.5. The number of benzene rings is 1. The van der Waals surface area contributed by atoms with Crippen molar-refractivity contribution in [3.8, 4) is 5.88 Å². The maximum absolute atomic E-state index is 12.5. The lowest BCUT2D eigenvalue weighted by Gasteiger charge is -2.16. The lowest BCUT2D eigenvalue weighted by molar-refractivity contribution is -0.116. The first-order chi connectivity index (χ1) is 12.9. The summed E-state index contributed by atoms with van der Waals surface area (Å²) in [6.45, 7) is -0.261. The van der Waals surface area contributed by atoms with Gasteiger partial charge in [0.25, 0.3) is 5.91 Å². The normalized spacial score (nSPS) is 10.6. The first-order valence-electron chi connectivity index (χ1n) is 8.05. The maximum Gasteiger partial charge on any atom is 0.360 e. The summed E-state index contributed by atoms with van der Waals surface area (Å²) in [4.78, 5) is 38.0. The number of nitrogens with one attached hydrogen (secondary N) is 1. The van der Waals surface area contributed by atoms with Gasteiger partial charge in [-0.15, -0.1) is 5.10 Å². The molecule has 0 saturated carbocycles. The number of fused-ring (bicyclic) bond motifs is 1. The largest absolute Gasteiger partial charge is 0.479 e. The fourth-order valence-corrected chi connectivity index (χ4v) is 2.60. The number of aromatic nitrogens is 2. The molecular formula is C18H18N4O5. The summed E-state index contributed by atoms with van der Waals surface area (Å²) < 4.78 is 11.7. The van der Waals surface area contributed by atoms with E-state index in [1.807, 2.05) is 0 Å². The number of amides is 2. The number of aryl methyl sites for hydroxylation is 1. The molecule has 9 nitrogen and oxygen atoms in total. The minimum Gasteiger partial charge on any atom is -0.479 e. The molecule has 0 atom stereocenters. The summed E-state index contributed by atoms with van der Waals surface area (Å²) >= 11 is 0. The molecule has 0 aliphatic rings. The first-order valence-corrected chi connectivity index (χ1v) is 8.05. The molecule has 2 heterocycles. The quantitative estimate of drug-likeness (QED) is 0.678. The fourth-order valence-electron chi connectivity index (χ4n) is 2.60. The topological polar surface area (TPSA) is 107 Å². The Balaban J connectivity index is 1.72. The Kier molecular flexibility index (Phi) is 4.93.